The van der Waals surface area contributed by atoms with E-state index >= 15 is 0 Å². The number of amides is 2. The lowest BCUT2D eigenvalue weighted by Gasteiger charge is -2.40. The van der Waals surface area contributed by atoms with Crippen molar-refractivity contribution in [2.45, 2.75) is 44.9 Å². The molecule has 2 unspecified atom stereocenters. The predicted octanol–water partition coefficient (Wildman–Crippen LogP) is 1.29. The van der Waals surface area contributed by atoms with E-state index < -0.39 is 0 Å². The van der Waals surface area contributed by atoms with Gasteiger partial charge in [-0.1, -0.05) is 6.42 Å². The highest BCUT2D eigenvalue weighted by Crippen LogP contribution is 2.50. The van der Waals surface area contributed by atoms with Crippen molar-refractivity contribution in [3.63, 3.8) is 0 Å². The molecule has 2 saturated carbocycles. The van der Waals surface area contributed by atoms with Crippen LogP contribution in [0.4, 0.5) is 0 Å². The average Bonchev–Trinajstić information content (AvgIpc) is 3.14. The highest BCUT2D eigenvalue weighted by Gasteiger charge is 2.49. The van der Waals surface area contributed by atoms with Gasteiger partial charge in [-0.15, -0.1) is 0 Å². The number of piperidine rings is 1. The minimum absolute atomic E-state index is 0.0965. The Bertz CT molecular complexity index is 354. The second-order valence-electron chi connectivity index (χ2n) is 6.36. The Morgan fingerprint density at radius 2 is 1.78 bits per heavy atom. The van der Waals surface area contributed by atoms with Crippen LogP contribution in [0, 0.1) is 17.3 Å². The molecule has 3 rings (SSSR count). The van der Waals surface area contributed by atoms with Gasteiger partial charge in [0.25, 0.3) is 0 Å². The van der Waals surface area contributed by atoms with Crippen LogP contribution >= 0.6 is 0 Å². The Hall–Kier alpha value is -0.900. The number of likely N-dealkylation sites (tertiary alicyclic amines) is 1. The second kappa shape index (κ2) is 4.34. The number of hydrogen-bond acceptors (Lipinski definition) is 3. The third-order valence-corrected chi connectivity index (χ3v) is 5.03. The molecule has 1 heterocycles. The van der Waals surface area contributed by atoms with Crippen LogP contribution in [0.25, 0.3) is 0 Å². The van der Waals surface area contributed by atoms with Crippen LogP contribution in [0.1, 0.15) is 44.9 Å². The number of fused-ring (bicyclic) bond motifs is 2. The standard InChI is InChI=1S/C14H22N2O2/c15-7-6-14(4-5-14)9-16-12(17)10-2-1-3-11(8-10)13(16)18/h10-11H,1-9,15H2. The summed E-state index contributed by atoms with van der Waals surface area (Å²) in [7, 11) is 0. The number of carbonyl (C=O) groups is 2. The molecule has 1 aliphatic heterocycles. The third kappa shape index (κ3) is 1.96. The summed E-state index contributed by atoms with van der Waals surface area (Å²) >= 11 is 0. The van der Waals surface area contributed by atoms with Crippen molar-refractivity contribution < 1.29 is 9.59 Å². The SMILES string of the molecule is NCCC1(CN2C(=O)C3CCCC(C3)C2=O)CC1. The minimum Gasteiger partial charge on any atom is -0.330 e. The Balaban J connectivity index is 1.74. The summed E-state index contributed by atoms with van der Waals surface area (Å²) in [5, 5.41) is 0. The summed E-state index contributed by atoms with van der Waals surface area (Å²) in [5.74, 6) is 0.434. The molecule has 4 heteroatoms. The fourth-order valence-corrected chi connectivity index (χ4v) is 3.65. The molecule has 0 radical (unpaired) electrons. The molecule has 2 aliphatic carbocycles. The highest BCUT2D eigenvalue weighted by molar-refractivity contribution is 6.00. The smallest absolute Gasteiger partial charge is 0.232 e. The molecule has 4 nitrogen and oxygen atoms in total. The van der Waals surface area contributed by atoms with Gasteiger partial charge in [0.2, 0.25) is 11.8 Å². The molecule has 0 spiro atoms. The van der Waals surface area contributed by atoms with E-state index in [1.165, 1.54) is 0 Å². The van der Waals surface area contributed by atoms with Gasteiger partial charge in [-0.05, 0) is 50.5 Å². The first-order valence-corrected chi connectivity index (χ1v) is 7.20. The van der Waals surface area contributed by atoms with Crippen molar-refractivity contribution in [3.8, 4) is 0 Å². The summed E-state index contributed by atoms with van der Waals surface area (Å²) in [6.45, 7) is 1.29. The molecule has 2 bridgehead atoms. The second-order valence-corrected chi connectivity index (χ2v) is 6.36. The lowest BCUT2D eigenvalue weighted by atomic mass is 9.76. The van der Waals surface area contributed by atoms with Gasteiger partial charge >= 0.3 is 0 Å². The normalized spacial score (nSPS) is 33.7. The summed E-state index contributed by atoms with van der Waals surface area (Å²) in [6.07, 6.45) is 6.98. The van der Waals surface area contributed by atoms with E-state index in [0.717, 1.165) is 44.9 Å². The molecular formula is C14H22N2O2. The van der Waals surface area contributed by atoms with Crippen molar-refractivity contribution in [1.29, 1.82) is 0 Å². The van der Waals surface area contributed by atoms with E-state index in [0.29, 0.717) is 13.1 Å². The fraction of sp³-hybridized carbons (Fsp3) is 0.857. The first-order chi connectivity index (χ1) is 8.65. The van der Waals surface area contributed by atoms with Crippen LogP contribution in [0.3, 0.4) is 0 Å². The molecule has 0 aromatic rings. The van der Waals surface area contributed by atoms with Crippen LogP contribution < -0.4 is 5.73 Å². The van der Waals surface area contributed by atoms with E-state index in [4.69, 9.17) is 5.73 Å². The summed E-state index contributed by atoms with van der Waals surface area (Å²) in [4.78, 5) is 26.2. The van der Waals surface area contributed by atoms with E-state index in [-0.39, 0.29) is 29.1 Å². The van der Waals surface area contributed by atoms with E-state index in [9.17, 15) is 9.59 Å². The molecular weight excluding hydrogens is 228 g/mol. The zero-order valence-corrected chi connectivity index (χ0v) is 10.9. The Kier molecular flexibility index (Phi) is 2.93. The molecule has 2 amide bonds. The fourth-order valence-electron chi connectivity index (χ4n) is 3.65. The van der Waals surface area contributed by atoms with Crippen molar-refractivity contribution in [2.75, 3.05) is 13.1 Å². The zero-order chi connectivity index (χ0) is 12.8. The van der Waals surface area contributed by atoms with Crippen LogP contribution in [0.2, 0.25) is 0 Å². The largest absolute Gasteiger partial charge is 0.330 e. The van der Waals surface area contributed by atoms with Crippen molar-refractivity contribution in [1.82, 2.24) is 4.90 Å². The number of nitrogens with zero attached hydrogens (tertiary/aromatic N) is 1. The molecule has 0 aromatic carbocycles. The van der Waals surface area contributed by atoms with Crippen LogP contribution in [0.5, 0.6) is 0 Å². The van der Waals surface area contributed by atoms with E-state index in [1.54, 1.807) is 4.90 Å². The molecule has 2 N–H and O–H groups in total. The molecule has 3 aliphatic rings. The lowest BCUT2D eigenvalue weighted by molar-refractivity contribution is -0.159. The highest BCUT2D eigenvalue weighted by atomic mass is 16.2. The maximum atomic E-state index is 12.3. The first-order valence-electron chi connectivity index (χ1n) is 7.20. The number of nitrogens with two attached hydrogens (primary N) is 1. The van der Waals surface area contributed by atoms with Gasteiger partial charge in [-0.2, -0.15) is 0 Å². The molecule has 100 valence electrons. The summed E-state index contributed by atoms with van der Waals surface area (Å²) in [5.41, 5.74) is 5.80. The first kappa shape index (κ1) is 12.2. The molecule has 0 aromatic heterocycles. The Morgan fingerprint density at radius 3 is 2.28 bits per heavy atom. The molecule has 18 heavy (non-hydrogen) atoms. The van der Waals surface area contributed by atoms with Crippen LogP contribution in [-0.2, 0) is 9.59 Å². The number of carbonyl (C=O) groups excluding carboxylic acids is 2. The maximum Gasteiger partial charge on any atom is 0.232 e. The third-order valence-electron chi connectivity index (χ3n) is 5.03. The molecule has 3 fully saturated rings. The Labute approximate surface area is 108 Å². The zero-order valence-electron chi connectivity index (χ0n) is 10.9. The minimum atomic E-state index is 0.0965. The van der Waals surface area contributed by atoms with E-state index in [1.807, 2.05) is 0 Å². The van der Waals surface area contributed by atoms with E-state index in [2.05, 4.69) is 0 Å². The van der Waals surface area contributed by atoms with Gasteiger partial charge in [-0.25, -0.2) is 0 Å². The van der Waals surface area contributed by atoms with Gasteiger partial charge in [-0.3, -0.25) is 14.5 Å². The molecule has 2 atom stereocenters. The van der Waals surface area contributed by atoms with Crippen molar-refractivity contribution >= 4 is 11.8 Å². The maximum absolute atomic E-state index is 12.3. The van der Waals surface area contributed by atoms with Crippen molar-refractivity contribution in [3.05, 3.63) is 0 Å². The molecule has 1 saturated heterocycles. The predicted molar refractivity (Wildman–Crippen MR) is 67.5 cm³/mol. The Morgan fingerprint density at radius 1 is 1.17 bits per heavy atom. The topological polar surface area (TPSA) is 63.4 Å². The number of imide groups is 1. The van der Waals surface area contributed by atoms with Crippen LogP contribution in [-0.4, -0.2) is 29.8 Å². The van der Waals surface area contributed by atoms with Crippen molar-refractivity contribution in [2.24, 2.45) is 23.0 Å². The quantitative estimate of drug-likeness (QED) is 0.765. The average molecular weight is 250 g/mol. The van der Waals surface area contributed by atoms with Gasteiger partial charge in [0, 0.05) is 18.4 Å². The summed E-state index contributed by atoms with van der Waals surface area (Å²) < 4.78 is 0. The van der Waals surface area contributed by atoms with Crippen LogP contribution in [0.15, 0.2) is 0 Å². The number of rotatable bonds is 4. The number of hydrogen-bond donors (Lipinski definition) is 1. The van der Waals surface area contributed by atoms with Gasteiger partial charge < -0.3 is 5.73 Å². The monoisotopic (exact) mass is 250 g/mol. The summed E-state index contributed by atoms with van der Waals surface area (Å²) in [6, 6.07) is 0. The lowest BCUT2D eigenvalue weighted by Crippen LogP contribution is -2.53. The van der Waals surface area contributed by atoms with Gasteiger partial charge in [0.15, 0.2) is 0 Å². The van der Waals surface area contributed by atoms with Gasteiger partial charge in [0.05, 0.1) is 0 Å². The van der Waals surface area contributed by atoms with Gasteiger partial charge in [0.1, 0.15) is 0 Å².